The van der Waals surface area contributed by atoms with Crippen molar-refractivity contribution in [1.29, 1.82) is 0 Å². The van der Waals surface area contributed by atoms with E-state index >= 15 is 0 Å². The topological polar surface area (TPSA) is 72.2 Å². The molecule has 1 unspecified atom stereocenters. The molecule has 0 bridgehead atoms. The molecule has 1 atom stereocenters. The number of aromatic nitrogens is 2. The number of carboxylic acids is 1. The van der Waals surface area contributed by atoms with Crippen LogP contribution in [0, 0.1) is 5.92 Å². The van der Waals surface area contributed by atoms with Crippen LogP contribution in [-0.2, 0) is 17.8 Å². The van der Waals surface area contributed by atoms with Gasteiger partial charge in [-0.15, -0.1) is 11.3 Å². The van der Waals surface area contributed by atoms with Crippen molar-refractivity contribution in [3.8, 4) is 0 Å². The molecule has 0 spiro atoms. The molecule has 1 aliphatic carbocycles. The fourth-order valence-corrected chi connectivity index (χ4v) is 4.90. The zero-order valence-electron chi connectivity index (χ0n) is 15.3. The predicted octanol–water partition coefficient (Wildman–Crippen LogP) is 4.13. The molecule has 0 amide bonds. The molecule has 136 valence electrons. The Balaban J connectivity index is 2.26. The van der Waals surface area contributed by atoms with Crippen LogP contribution in [-0.4, -0.2) is 20.6 Å². The van der Waals surface area contributed by atoms with Gasteiger partial charge in [0.05, 0.1) is 11.3 Å². The molecule has 0 saturated carbocycles. The minimum absolute atomic E-state index is 0.0556. The van der Waals surface area contributed by atoms with Crippen molar-refractivity contribution in [2.45, 2.75) is 71.8 Å². The van der Waals surface area contributed by atoms with E-state index in [2.05, 4.69) is 13.8 Å². The summed E-state index contributed by atoms with van der Waals surface area (Å²) in [5.74, 6) is 0.0465. The third-order valence-electron chi connectivity index (χ3n) is 4.94. The first-order chi connectivity index (χ1) is 11.8. The van der Waals surface area contributed by atoms with Crippen molar-refractivity contribution >= 4 is 27.5 Å². The molecular weight excluding hydrogens is 336 g/mol. The number of nitrogens with zero attached hydrogens (tertiary/aromatic N) is 2. The number of thiophene rings is 1. The van der Waals surface area contributed by atoms with Crippen LogP contribution in [0.25, 0.3) is 10.2 Å². The monoisotopic (exact) mass is 362 g/mol. The first-order valence-corrected chi connectivity index (χ1v) is 9.91. The van der Waals surface area contributed by atoms with Crippen molar-refractivity contribution in [2.24, 2.45) is 5.92 Å². The molecule has 2 aromatic rings. The summed E-state index contributed by atoms with van der Waals surface area (Å²) < 4.78 is 1.79. The summed E-state index contributed by atoms with van der Waals surface area (Å²) in [4.78, 5) is 31.6. The van der Waals surface area contributed by atoms with E-state index in [0.717, 1.165) is 35.5 Å². The summed E-state index contributed by atoms with van der Waals surface area (Å²) in [5.41, 5.74) is 0.685. The highest BCUT2D eigenvalue weighted by Crippen LogP contribution is 2.41. The lowest BCUT2D eigenvalue weighted by Crippen LogP contribution is -2.28. The largest absolute Gasteiger partial charge is 0.481 e. The summed E-state index contributed by atoms with van der Waals surface area (Å²) in [7, 11) is 0. The highest BCUT2D eigenvalue weighted by atomic mass is 32.1. The maximum atomic E-state index is 13.3. The molecule has 0 saturated heterocycles. The Kier molecular flexibility index (Phi) is 5.00. The van der Waals surface area contributed by atoms with Crippen LogP contribution in [0.15, 0.2) is 4.79 Å². The maximum Gasteiger partial charge on any atom is 0.311 e. The Morgan fingerprint density at radius 3 is 2.68 bits per heavy atom. The zero-order chi connectivity index (χ0) is 18.3. The second-order valence-electron chi connectivity index (χ2n) is 7.67. The van der Waals surface area contributed by atoms with Crippen LogP contribution >= 0.6 is 11.3 Å². The summed E-state index contributed by atoms with van der Waals surface area (Å²) in [5, 5.41) is 10.2. The average molecular weight is 362 g/mol. The van der Waals surface area contributed by atoms with Gasteiger partial charge in [-0.05, 0) is 37.2 Å². The van der Waals surface area contributed by atoms with Crippen LogP contribution in [0.3, 0.4) is 0 Å². The van der Waals surface area contributed by atoms with Crippen LogP contribution in [0.2, 0.25) is 0 Å². The van der Waals surface area contributed by atoms with Gasteiger partial charge in [-0.3, -0.25) is 14.2 Å². The summed E-state index contributed by atoms with van der Waals surface area (Å²) >= 11 is 1.51. The molecule has 0 radical (unpaired) electrons. The molecule has 0 aromatic carbocycles. The van der Waals surface area contributed by atoms with Gasteiger partial charge in [-0.1, -0.05) is 27.7 Å². The van der Waals surface area contributed by atoms with Crippen LogP contribution in [0.5, 0.6) is 0 Å². The molecule has 6 heteroatoms. The lowest BCUT2D eigenvalue weighted by Gasteiger charge is -2.20. The van der Waals surface area contributed by atoms with Crippen LogP contribution in [0.1, 0.15) is 75.1 Å². The highest BCUT2D eigenvalue weighted by Gasteiger charge is 2.32. The van der Waals surface area contributed by atoms with E-state index in [9.17, 15) is 14.7 Å². The Labute approximate surface area is 151 Å². The SMILES string of the molecule is CC(C)CCn1c(C(C)C)nc2sc3c(c2c1=O)C(C(=O)O)CCC3. The molecule has 5 nitrogen and oxygen atoms in total. The van der Waals surface area contributed by atoms with Crippen molar-refractivity contribution in [3.63, 3.8) is 0 Å². The summed E-state index contributed by atoms with van der Waals surface area (Å²) in [6, 6.07) is 0. The van der Waals surface area contributed by atoms with Crippen molar-refractivity contribution in [1.82, 2.24) is 9.55 Å². The molecule has 0 aliphatic heterocycles. The fraction of sp³-hybridized carbons (Fsp3) is 0.632. The van der Waals surface area contributed by atoms with Gasteiger partial charge in [-0.25, -0.2) is 4.98 Å². The molecule has 2 heterocycles. The predicted molar refractivity (Wildman–Crippen MR) is 101 cm³/mol. The average Bonchev–Trinajstić information content (AvgIpc) is 2.91. The fourth-order valence-electron chi connectivity index (χ4n) is 3.62. The molecule has 25 heavy (non-hydrogen) atoms. The minimum atomic E-state index is -0.832. The van der Waals surface area contributed by atoms with E-state index < -0.39 is 11.9 Å². The first kappa shape index (κ1) is 18.1. The quantitative estimate of drug-likeness (QED) is 0.868. The number of carboxylic acid groups (broad SMARTS) is 1. The van der Waals surface area contributed by atoms with Gasteiger partial charge in [0.25, 0.3) is 5.56 Å². The third kappa shape index (κ3) is 3.24. The molecule has 1 aliphatic rings. The van der Waals surface area contributed by atoms with E-state index in [1.807, 2.05) is 13.8 Å². The van der Waals surface area contributed by atoms with Crippen molar-refractivity contribution in [3.05, 3.63) is 26.6 Å². The van der Waals surface area contributed by atoms with Gasteiger partial charge in [0.2, 0.25) is 0 Å². The maximum absolute atomic E-state index is 13.3. The first-order valence-electron chi connectivity index (χ1n) is 9.10. The molecule has 2 aromatic heterocycles. The third-order valence-corrected chi connectivity index (χ3v) is 6.10. The Morgan fingerprint density at radius 2 is 2.08 bits per heavy atom. The van der Waals surface area contributed by atoms with E-state index in [1.54, 1.807) is 4.57 Å². The van der Waals surface area contributed by atoms with Crippen molar-refractivity contribution < 1.29 is 9.90 Å². The van der Waals surface area contributed by atoms with Gasteiger partial charge < -0.3 is 5.11 Å². The lowest BCUT2D eigenvalue weighted by atomic mass is 9.86. The van der Waals surface area contributed by atoms with Gasteiger partial charge in [0, 0.05) is 17.3 Å². The number of rotatable bonds is 5. The second-order valence-corrected chi connectivity index (χ2v) is 8.75. The van der Waals surface area contributed by atoms with E-state index in [4.69, 9.17) is 4.98 Å². The summed E-state index contributed by atoms with van der Waals surface area (Å²) in [6.07, 6.45) is 3.21. The van der Waals surface area contributed by atoms with E-state index in [0.29, 0.717) is 29.1 Å². The second kappa shape index (κ2) is 6.90. The van der Waals surface area contributed by atoms with Crippen LogP contribution < -0.4 is 5.56 Å². The Bertz CT molecular complexity index is 864. The highest BCUT2D eigenvalue weighted by molar-refractivity contribution is 7.18. The van der Waals surface area contributed by atoms with Gasteiger partial charge in [-0.2, -0.15) is 0 Å². The molecule has 1 N–H and O–H groups in total. The smallest absolute Gasteiger partial charge is 0.311 e. The standard InChI is InChI=1S/C19H26N2O3S/c1-10(2)8-9-21-16(11(3)4)20-17-15(18(21)22)14-12(19(23)24)6-5-7-13(14)25-17/h10-12H,5-9H2,1-4H3,(H,23,24). The number of hydrogen-bond acceptors (Lipinski definition) is 4. The minimum Gasteiger partial charge on any atom is -0.481 e. The Morgan fingerprint density at radius 1 is 1.36 bits per heavy atom. The lowest BCUT2D eigenvalue weighted by molar-refractivity contribution is -0.139. The van der Waals surface area contributed by atoms with Crippen molar-refractivity contribution in [2.75, 3.05) is 0 Å². The number of aliphatic carboxylic acids is 1. The number of carbonyl (C=O) groups is 1. The van der Waals surface area contributed by atoms with E-state index in [-0.39, 0.29) is 11.5 Å². The van der Waals surface area contributed by atoms with Gasteiger partial charge in [0.1, 0.15) is 10.7 Å². The molecule has 0 fully saturated rings. The van der Waals surface area contributed by atoms with Gasteiger partial charge in [0.15, 0.2) is 0 Å². The molecular formula is C19H26N2O3S. The van der Waals surface area contributed by atoms with E-state index in [1.165, 1.54) is 11.3 Å². The zero-order valence-corrected chi connectivity index (χ0v) is 16.2. The number of aryl methyl sites for hydroxylation is 1. The van der Waals surface area contributed by atoms with Gasteiger partial charge >= 0.3 is 5.97 Å². The normalized spacial score (nSPS) is 17.4. The molecule has 3 rings (SSSR count). The summed E-state index contributed by atoms with van der Waals surface area (Å²) in [6.45, 7) is 9.01. The number of hydrogen-bond donors (Lipinski definition) is 1. The number of fused-ring (bicyclic) bond motifs is 3. The van der Waals surface area contributed by atoms with Crippen LogP contribution in [0.4, 0.5) is 0 Å². The Hall–Kier alpha value is -1.69.